The third-order valence-corrected chi connectivity index (χ3v) is 3.52. The molecule has 0 aromatic carbocycles. The fraction of sp³-hybridized carbons (Fsp3) is 0.500. The van der Waals surface area contributed by atoms with Gasteiger partial charge in [-0.2, -0.15) is 11.8 Å². The average Bonchev–Trinajstić information content (AvgIpc) is 2.81. The number of thioether (sulfide) groups is 1. The summed E-state index contributed by atoms with van der Waals surface area (Å²) in [7, 11) is 0. The lowest BCUT2D eigenvalue weighted by atomic mass is 10.6. The number of aromatic nitrogens is 1. The van der Waals surface area contributed by atoms with Crippen molar-refractivity contribution in [1.29, 1.82) is 0 Å². The Morgan fingerprint density at radius 2 is 2.50 bits per heavy atom. The maximum atomic E-state index is 10.4. The van der Waals surface area contributed by atoms with Crippen molar-refractivity contribution in [3.63, 3.8) is 0 Å². The molecular formula is C10H16N4O2S2. The number of thiazole rings is 1. The lowest BCUT2D eigenvalue weighted by molar-refractivity contribution is -0.404. The Balaban J connectivity index is 2.16. The van der Waals surface area contributed by atoms with E-state index in [-0.39, 0.29) is 0 Å². The number of nitro groups is 1. The van der Waals surface area contributed by atoms with Crippen molar-refractivity contribution >= 4 is 23.1 Å². The van der Waals surface area contributed by atoms with E-state index in [1.54, 1.807) is 23.1 Å². The molecule has 0 aliphatic heterocycles. The molecule has 1 aromatic rings. The molecule has 0 bridgehead atoms. The van der Waals surface area contributed by atoms with Gasteiger partial charge in [0.15, 0.2) is 5.82 Å². The largest absolute Gasteiger partial charge is 0.367 e. The summed E-state index contributed by atoms with van der Waals surface area (Å²) in [5.74, 6) is 2.20. The van der Waals surface area contributed by atoms with Crippen molar-refractivity contribution in [2.75, 3.05) is 18.8 Å². The first-order valence-electron chi connectivity index (χ1n) is 5.50. The predicted molar refractivity (Wildman–Crippen MR) is 75.0 cm³/mol. The van der Waals surface area contributed by atoms with Gasteiger partial charge >= 0.3 is 0 Å². The van der Waals surface area contributed by atoms with Crippen molar-refractivity contribution in [1.82, 2.24) is 15.6 Å². The van der Waals surface area contributed by atoms with Crippen LogP contribution in [0.15, 0.2) is 22.9 Å². The molecule has 8 heteroatoms. The van der Waals surface area contributed by atoms with Crippen molar-refractivity contribution < 1.29 is 4.92 Å². The van der Waals surface area contributed by atoms with E-state index < -0.39 is 4.92 Å². The van der Waals surface area contributed by atoms with Crippen molar-refractivity contribution in [2.24, 2.45) is 0 Å². The van der Waals surface area contributed by atoms with E-state index in [9.17, 15) is 10.1 Å². The summed E-state index contributed by atoms with van der Waals surface area (Å²) in [5, 5.41) is 18.3. The van der Waals surface area contributed by atoms with Gasteiger partial charge in [-0.15, -0.1) is 11.3 Å². The van der Waals surface area contributed by atoms with Crippen LogP contribution in [0.5, 0.6) is 0 Å². The molecule has 100 valence electrons. The molecule has 0 spiro atoms. The van der Waals surface area contributed by atoms with Gasteiger partial charge in [-0.3, -0.25) is 10.1 Å². The Bertz CT molecular complexity index is 381. The standard InChI is InChI=1S/C10H16N4O2S2/c1-2-11-10(5-14(15)16)12-3-4-17-6-9-7-18-8-13-9/h5,7-8,11-12H,2-4,6H2,1H3. The summed E-state index contributed by atoms with van der Waals surface area (Å²) in [6.45, 7) is 3.23. The minimum absolute atomic E-state index is 0.455. The minimum Gasteiger partial charge on any atom is -0.367 e. The number of hydrogen-bond acceptors (Lipinski definition) is 7. The lowest BCUT2D eigenvalue weighted by Crippen LogP contribution is -2.28. The normalized spacial score (nSPS) is 11.3. The van der Waals surface area contributed by atoms with Crippen LogP contribution >= 0.6 is 23.1 Å². The maximum absolute atomic E-state index is 10.4. The monoisotopic (exact) mass is 288 g/mol. The van der Waals surface area contributed by atoms with E-state index >= 15 is 0 Å². The zero-order chi connectivity index (χ0) is 13.2. The highest BCUT2D eigenvalue weighted by Gasteiger charge is 2.01. The van der Waals surface area contributed by atoms with Crippen LogP contribution in [0.1, 0.15) is 12.6 Å². The molecule has 6 nitrogen and oxygen atoms in total. The summed E-state index contributed by atoms with van der Waals surface area (Å²) >= 11 is 3.33. The van der Waals surface area contributed by atoms with Crippen LogP contribution < -0.4 is 10.6 Å². The summed E-state index contributed by atoms with van der Waals surface area (Å²) in [6.07, 6.45) is 0.953. The molecule has 2 N–H and O–H groups in total. The molecule has 0 radical (unpaired) electrons. The van der Waals surface area contributed by atoms with Crippen molar-refractivity contribution in [3.8, 4) is 0 Å². The van der Waals surface area contributed by atoms with Gasteiger partial charge in [0.1, 0.15) is 0 Å². The quantitative estimate of drug-likeness (QED) is 0.408. The van der Waals surface area contributed by atoms with Gasteiger partial charge in [0, 0.05) is 30.0 Å². The minimum atomic E-state index is -0.465. The van der Waals surface area contributed by atoms with Crippen LogP contribution in [0.2, 0.25) is 0 Å². The first-order valence-corrected chi connectivity index (χ1v) is 7.60. The van der Waals surface area contributed by atoms with Gasteiger partial charge in [0.25, 0.3) is 6.20 Å². The molecule has 18 heavy (non-hydrogen) atoms. The SMILES string of the molecule is CCNC(=C[N+](=O)[O-])NCCSCc1cscn1. The zero-order valence-corrected chi connectivity index (χ0v) is 11.7. The smallest absolute Gasteiger partial charge is 0.274 e. The lowest BCUT2D eigenvalue weighted by Gasteiger charge is -2.09. The number of rotatable bonds is 9. The molecule has 0 aliphatic carbocycles. The molecule has 0 saturated heterocycles. The molecule has 0 fully saturated rings. The van der Waals surface area contributed by atoms with E-state index in [1.807, 2.05) is 17.8 Å². The zero-order valence-electron chi connectivity index (χ0n) is 10.1. The topological polar surface area (TPSA) is 80.1 Å². The molecule has 0 aliphatic rings. The highest BCUT2D eigenvalue weighted by molar-refractivity contribution is 7.98. The van der Waals surface area contributed by atoms with Gasteiger partial charge in [0.05, 0.1) is 16.1 Å². The highest BCUT2D eigenvalue weighted by atomic mass is 32.2. The van der Waals surface area contributed by atoms with Gasteiger partial charge < -0.3 is 10.6 Å². The Morgan fingerprint density at radius 3 is 3.11 bits per heavy atom. The molecule has 1 aromatic heterocycles. The third kappa shape index (κ3) is 6.45. The van der Waals surface area contributed by atoms with Crippen LogP contribution in [0.25, 0.3) is 0 Å². The molecule has 1 heterocycles. The Kier molecular flexibility index (Phi) is 7.19. The first-order chi connectivity index (χ1) is 8.72. The van der Waals surface area contributed by atoms with E-state index in [2.05, 4.69) is 15.6 Å². The van der Waals surface area contributed by atoms with E-state index in [0.29, 0.717) is 18.9 Å². The second-order valence-electron chi connectivity index (χ2n) is 3.32. The fourth-order valence-electron chi connectivity index (χ4n) is 1.19. The van der Waals surface area contributed by atoms with Crippen LogP contribution in [-0.2, 0) is 5.75 Å². The second kappa shape index (κ2) is 8.76. The van der Waals surface area contributed by atoms with Crippen molar-refractivity contribution in [3.05, 3.63) is 38.7 Å². The van der Waals surface area contributed by atoms with Crippen LogP contribution in [-0.4, -0.2) is 28.7 Å². The van der Waals surface area contributed by atoms with Gasteiger partial charge in [0.2, 0.25) is 0 Å². The number of nitrogens with zero attached hydrogens (tertiary/aromatic N) is 2. The summed E-state index contributed by atoms with van der Waals surface area (Å²) in [4.78, 5) is 14.1. The average molecular weight is 288 g/mol. The van der Waals surface area contributed by atoms with Crippen molar-refractivity contribution in [2.45, 2.75) is 12.7 Å². The molecule has 0 saturated carbocycles. The van der Waals surface area contributed by atoms with Crippen LogP contribution in [0.4, 0.5) is 0 Å². The van der Waals surface area contributed by atoms with Gasteiger partial charge in [-0.1, -0.05) is 0 Å². The van der Waals surface area contributed by atoms with Gasteiger partial charge in [-0.05, 0) is 6.92 Å². The van der Waals surface area contributed by atoms with E-state index in [0.717, 1.165) is 23.4 Å². The maximum Gasteiger partial charge on any atom is 0.274 e. The summed E-state index contributed by atoms with van der Waals surface area (Å²) in [6, 6.07) is 0. The predicted octanol–water partition coefficient (Wildman–Crippen LogP) is 1.65. The summed E-state index contributed by atoms with van der Waals surface area (Å²) < 4.78 is 0. The van der Waals surface area contributed by atoms with E-state index in [1.165, 1.54) is 0 Å². The molecule has 1 rings (SSSR count). The fourth-order valence-corrected chi connectivity index (χ4v) is 2.61. The van der Waals surface area contributed by atoms with Crippen LogP contribution in [0.3, 0.4) is 0 Å². The molecular weight excluding hydrogens is 272 g/mol. The number of hydrogen-bond donors (Lipinski definition) is 2. The number of nitrogens with one attached hydrogen (secondary N) is 2. The molecule has 0 amide bonds. The second-order valence-corrected chi connectivity index (χ2v) is 5.14. The Labute approximate surface area is 114 Å². The Hall–Kier alpha value is -1.28. The first kappa shape index (κ1) is 14.8. The van der Waals surface area contributed by atoms with Gasteiger partial charge in [-0.25, -0.2) is 4.98 Å². The van der Waals surface area contributed by atoms with E-state index in [4.69, 9.17) is 0 Å². The Morgan fingerprint density at radius 1 is 1.67 bits per heavy atom. The molecule has 0 atom stereocenters. The summed E-state index contributed by atoms with van der Waals surface area (Å²) in [5.41, 5.74) is 2.90. The third-order valence-electron chi connectivity index (χ3n) is 1.90. The highest BCUT2D eigenvalue weighted by Crippen LogP contribution is 2.11. The van der Waals surface area contributed by atoms with Crippen LogP contribution in [0, 0.1) is 10.1 Å². The molecule has 0 unspecified atom stereocenters.